The van der Waals surface area contributed by atoms with Crippen LogP contribution in [-0.4, -0.2) is 119 Å². The lowest BCUT2D eigenvalue weighted by molar-refractivity contribution is 0.0591. The van der Waals surface area contributed by atoms with Crippen molar-refractivity contribution in [2.45, 2.75) is 77.7 Å². The Kier molecular flexibility index (Phi) is 20.1. The number of esters is 1. The molecule has 0 spiro atoms. The first-order valence-corrected chi connectivity index (χ1v) is 27.2. The van der Waals surface area contributed by atoms with E-state index in [1.807, 2.05) is 18.2 Å². The van der Waals surface area contributed by atoms with E-state index in [2.05, 4.69) is 60.0 Å². The van der Waals surface area contributed by atoms with Crippen molar-refractivity contribution in [1.82, 2.24) is 35.2 Å². The maximum absolute atomic E-state index is 13.4. The van der Waals surface area contributed by atoms with Crippen molar-refractivity contribution in [3.05, 3.63) is 162 Å². The molecule has 7 aromatic rings. The van der Waals surface area contributed by atoms with Crippen LogP contribution in [0.2, 0.25) is 0 Å². The summed E-state index contributed by atoms with van der Waals surface area (Å²) in [5, 5.41) is 6.04. The van der Waals surface area contributed by atoms with Crippen molar-refractivity contribution in [2.75, 3.05) is 85.2 Å². The van der Waals surface area contributed by atoms with Crippen LogP contribution < -0.4 is 31.1 Å². The van der Waals surface area contributed by atoms with Gasteiger partial charge in [-0.15, -0.1) is 0 Å². The number of benzene rings is 4. The molecule has 4 N–H and O–H groups in total. The van der Waals surface area contributed by atoms with Crippen LogP contribution >= 0.6 is 0 Å². The molecule has 3 fully saturated rings. The summed E-state index contributed by atoms with van der Waals surface area (Å²) in [6.45, 7) is 12.8. The highest BCUT2D eigenvalue weighted by Gasteiger charge is 2.22. The van der Waals surface area contributed by atoms with Crippen LogP contribution in [0.25, 0.3) is 22.3 Å². The molecule has 0 unspecified atom stereocenters. The summed E-state index contributed by atoms with van der Waals surface area (Å²) >= 11 is 0. The quantitative estimate of drug-likeness (QED) is 0.0555. The molecule has 4 aromatic carbocycles. The van der Waals surface area contributed by atoms with Crippen molar-refractivity contribution in [1.29, 1.82) is 0 Å². The second kappa shape index (κ2) is 27.9. The maximum Gasteiger partial charge on any atom is 0.412 e. The highest BCUT2D eigenvalue weighted by Crippen LogP contribution is 2.29. The molecule has 0 bridgehead atoms. The summed E-state index contributed by atoms with van der Waals surface area (Å²) in [7, 11) is 1.34. The number of nitrogen functional groups attached to an aromatic ring is 1. The Labute approximate surface area is 470 Å². The van der Waals surface area contributed by atoms with Crippen LogP contribution in [0.4, 0.5) is 42.4 Å². The number of anilines is 5. The van der Waals surface area contributed by atoms with Crippen LogP contribution in [0.3, 0.4) is 0 Å². The number of hydrogen-bond acceptors (Lipinski definition) is 17. The third-order valence-corrected chi connectivity index (χ3v) is 13.6. The number of hydrogen-bond donors (Lipinski definition) is 3. The summed E-state index contributed by atoms with van der Waals surface area (Å²) in [5.74, 6) is 0.956. The zero-order valence-corrected chi connectivity index (χ0v) is 46.2. The predicted molar refractivity (Wildman–Crippen MR) is 309 cm³/mol. The SMILES string of the molecule is CC(C)(C)OC(=O)Nc1ccc(-c2ccc(F)cc2)cc1CC(=O)c1cnc(N2CCCCC2)cn1.COC(=O)c1cnc(N2CCCCC2)cn1.Nc1ccc(-c2ccc(F)cc2)cc1CC(=O)c1cnc(N2CCNCC2)cn1. The van der Waals surface area contributed by atoms with E-state index in [0.717, 1.165) is 105 Å². The number of piperazine rings is 1. The van der Waals surface area contributed by atoms with Crippen molar-refractivity contribution < 1.29 is 37.4 Å². The van der Waals surface area contributed by atoms with E-state index < -0.39 is 17.7 Å². The summed E-state index contributed by atoms with van der Waals surface area (Å²) < 4.78 is 36.5. The fourth-order valence-corrected chi connectivity index (χ4v) is 9.30. The van der Waals surface area contributed by atoms with Crippen LogP contribution in [0.5, 0.6) is 0 Å². The number of rotatable bonds is 13. The van der Waals surface area contributed by atoms with Gasteiger partial charge in [-0.3, -0.25) is 14.9 Å². The molecule has 3 aromatic heterocycles. The number of carbonyl (C=O) groups excluding carboxylic acids is 4. The van der Waals surface area contributed by atoms with E-state index in [-0.39, 0.29) is 47.4 Å². The molecule has 0 aliphatic carbocycles. The molecule has 0 atom stereocenters. The number of Topliss-reactive ketones (excluding diaryl/α,β-unsaturated/α-hetero) is 2. The molecule has 0 saturated carbocycles. The first kappa shape index (κ1) is 58.4. The minimum absolute atomic E-state index is 0.00208. The molecule has 3 saturated heterocycles. The number of carbonyl (C=O) groups is 4. The van der Waals surface area contributed by atoms with Crippen LogP contribution in [0, 0.1) is 11.6 Å². The summed E-state index contributed by atoms with van der Waals surface area (Å²) in [6, 6.07) is 23.1. The number of nitrogens with two attached hydrogens (primary N) is 1. The van der Waals surface area contributed by atoms with Gasteiger partial charge in [0.1, 0.15) is 46.1 Å². The minimum Gasteiger partial charge on any atom is -0.464 e. The Morgan fingerprint density at radius 1 is 0.543 bits per heavy atom. The monoisotopic (exact) mass is 1100 g/mol. The fraction of sp³-hybridized carbons (Fsp3) is 0.344. The number of nitrogens with zero attached hydrogens (tertiary/aromatic N) is 9. The van der Waals surface area contributed by atoms with Gasteiger partial charge in [-0.05, 0) is 141 Å². The molecule has 10 rings (SSSR count). The number of amides is 1. The molecular formula is C61H68F2N12O6. The normalized spacial score (nSPS) is 14.3. The lowest BCUT2D eigenvalue weighted by Crippen LogP contribution is -2.43. The van der Waals surface area contributed by atoms with Gasteiger partial charge in [-0.1, -0.05) is 36.4 Å². The van der Waals surface area contributed by atoms with E-state index >= 15 is 0 Å². The molecule has 422 valence electrons. The van der Waals surface area contributed by atoms with Gasteiger partial charge < -0.3 is 35.2 Å². The van der Waals surface area contributed by atoms with Crippen molar-refractivity contribution in [2.24, 2.45) is 0 Å². The second-order valence-corrected chi connectivity index (χ2v) is 20.7. The number of ether oxygens (including phenoxy) is 2. The van der Waals surface area contributed by atoms with Gasteiger partial charge in [-0.25, -0.2) is 48.3 Å². The predicted octanol–water partition coefficient (Wildman–Crippen LogP) is 10.00. The number of halogens is 2. The average Bonchev–Trinajstić information content (AvgIpc) is 3.56. The average molecular weight is 1100 g/mol. The van der Waals surface area contributed by atoms with Crippen molar-refractivity contribution in [3.63, 3.8) is 0 Å². The van der Waals surface area contributed by atoms with Gasteiger partial charge >= 0.3 is 12.1 Å². The number of piperidine rings is 2. The highest BCUT2D eigenvalue weighted by molar-refractivity contribution is 5.98. The van der Waals surface area contributed by atoms with Gasteiger partial charge in [0.25, 0.3) is 0 Å². The van der Waals surface area contributed by atoms with Gasteiger partial charge in [0, 0.05) is 76.6 Å². The van der Waals surface area contributed by atoms with Gasteiger partial charge in [0.15, 0.2) is 17.3 Å². The van der Waals surface area contributed by atoms with E-state index in [1.165, 1.54) is 75.6 Å². The zero-order valence-electron chi connectivity index (χ0n) is 46.2. The third kappa shape index (κ3) is 16.9. The Morgan fingerprint density at radius 2 is 0.963 bits per heavy atom. The first-order chi connectivity index (χ1) is 39.1. The van der Waals surface area contributed by atoms with Gasteiger partial charge in [0.05, 0.1) is 44.3 Å². The number of methoxy groups -OCH3 is 1. The van der Waals surface area contributed by atoms with E-state index in [1.54, 1.807) is 81.8 Å². The molecule has 0 radical (unpaired) electrons. The maximum atomic E-state index is 13.4. The molecule has 18 nitrogen and oxygen atoms in total. The number of nitrogens with one attached hydrogen (secondary N) is 2. The lowest BCUT2D eigenvalue weighted by atomic mass is 9.98. The van der Waals surface area contributed by atoms with Crippen LogP contribution in [-0.2, 0) is 22.3 Å². The van der Waals surface area contributed by atoms with E-state index in [0.29, 0.717) is 28.2 Å². The van der Waals surface area contributed by atoms with Crippen LogP contribution in [0.15, 0.2) is 122 Å². The number of ketones is 2. The molecule has 20 heteroatoms. The standard InChI is InChI=1S/C28H31FN4O3.C22H22FN5O.C11H15N3O2/c1-28(2,3)36-27(35)32-23-12-9-20(19-7-10-22(29)11-8-19)15-21(23)16-25(34)24-17-31-26(18-30-24)33-13-5-4-6-14-33;23-18-4-1-15(2-5-18)16-3-6-19(24)17(11-16)12-21(29)20-13-27-22(14-26-20)28-9-7-25-8-10-28;1-16-11(15)9-7-13-10(8-12-9)14-5-3-2-4-6-14/h7-12,15,17-18H,4-6,13-14,16H2,1-3H3,(H,32,35);1-6,11,13-14,25H,7-10,12,24H2;7-8H,2-6H2,1H3. The smallest absolute Gasteiger partial charge is 0.412 e. The third-order valence-electron chi connectivity index (χ3n) is 13.6. The minimum atomic E-state index is -0.667. The lowest BCUT2D eigenvalue weighted by Gasteiger charge is -2.27. The Hall–Kier alpha value is -8.78. The fourth-order valence-electron chi connectivity index (χ4n) is 9.30. The zero-order chi connectivity index (χ0) is 57.3. The highest BCUT2D eigenvalue weighted by atomic mass is 19.1. The molecule has 3 aliphatic rings. The Bertz CT molecular complexity index is 3220. The van der Waals surface area contributed by atoms with E-state index in [9.17, 15) is 28.0 Å². The van der Waals surface area contributed by atoms with Gasteiger partial charge in [0.2, 0.25) is 0 Å². The van der Waals surface area contributed by atoms with Crippen molar-refractivity contribution in [3.8, 4) is 22.3 Å². The second-order valence-electron chi connectivity index (χ2n) is 20.7. The molecular weight excluding hydrogens is 1030 g/mol. The van der Waals surface area contributed by atoms with Crippen LogP contribution in [0.1, 0.15) is 102 Å². The summed E-state index contributed by atoms with van der Waals surface area (Å²) in [5.41, 5.74) is 11.9. The molecule has 6 heterocycles. The summed E-state index contributed by atoms with van der Waals surface area (Å²) in [4.78, 5) is 81.8. The van der Waals surface area contributed by atoms with Crippen molar-refractivity contribution >= 4 is 52.5 Å². The Morgan fingerprint density at radius 3 is 1.41 bits per heavy atom. The Balaban J connectivity index is 0.000000170. The summed E-state index contributed by atoms with van der Waals surface area (Å²) in [6.07, 6.45) is 16.1. The molecule has 81 heavy (non-hydrogen) atoms. The number of aromatic nitrogens is 6. The molecule has 3 aliphatic heterocycles. The topological polar surface area (TPSA) is 224 Å². The van der Waals surface area contributed by atoms with Gasteiger partial charge in [-0.2, -0.15) is 0 Å². The largest absolute Gasteiger partial charge is 0.464 e. The van der Waals surface area contributed by atoms with E-state index in [4.69, 9.17) is 10.5 Å². The molecule has 1 amide bonds. The first-order valence-electron chi connectivity index (χ1n) is 27.2.